The summed E-state index contributed by atoms with van der Waals surface area (Å²) in [7, 11) is 0. The predicted molar refractivity (Wildman–Crippen MR) is 82.7 cm³/mol. The second-order valence-electron chi connectivity index (χ2n) is 5.83. The summed E-state index contributed by atoms with van der Waals surface area (Å²) in [6.07, 6.45) is 0.970. The molecule has 0 aromatic heterocycles. The van der Waals surface area contributed by atoms with Crippen LogP contribution >= 0.6 is 0 Å². The topological polar surface area (TPSA) is 70.7 Å². The lowest BCUT2D eigenvalue weighted by Gasteiger charge is -2.27. The van der Waals surface area contributed by atoms with Crippen LogP contribution in [0.25, 0.3) is 0 Å². The summed E-state index contributed by atoms with van der Waals surface area (Å²) in [4.78, 5) is 26.1. The lowest BCUT2D eigenvalue weighted by molar-refractivity contribution is -0.125. The Morgan fingerprint density at radius 1 is 1.32 bits per heavy atom. The van der Waals surface area contributed by atoms with Crippen LogP contribution in [0, 0.1) is 5.92 Å². The molecular weight excluding hydrogens is 282 g/mol. The summed E-state index contributed by atoms with van der Waals surface area (Å²) in [5, 5.41) is 5.82. The van der Waals surface area contributed by atoms with Gasteiger partial charge in [0.1, 0.15) is 0 Å². The van der Waals surface area contributed by atoms with Gasteiger partial charge < -0.3 is 20.3 Å². The number of ether oxygens (including phenoxy) is 1. The fourth-order valence-electron chi connectivity index (χ4n) is 2.82. The van der Waals surface area contributed by atoms with Gasteiger partial charge in [0.05, 0.1) is 25.2 Å². The van der Waals surface area contributed by atoms with Crippen LogP contribution in [-0.2, 0) is 16.0 Å². The molecule has 6 nitrogen and oxygen atoms in total. The first-order valence-corrected chi connectivity index (χ1v) is 7.68. The molecule has 0 unspecified atom stereocenters. The summed E-state index contributed by atoms with van der Waals surface area (Å²) < 4.78 is 5.46. The molecule has 2 bridgehead atoms. The van der Waals surface area contributed by atoms with Crippen LogP contribution < -0.4 is 10.6 Å². The SMILES string of the molecule is CCc1ccc(NC(=O)N2C[C@H]3COC[C@@H](C2)C(=O)N3)cc1. The van der Waals surface area contributed by atoms with Crippen LogP contribution in [0.4, 0.5) is 10.5 Å². The largest absolute Gasteiger partial charge is 0.378 e. The minimum Gasteiger partial charge on any atom is -0.378 e. The molecular formula is C16H21N3O3. The Balaban J connectivity index is 1.67. The van der Waals surface area contributed by atoms with Crippen molar-refractivity contribution in [3.05, 3.63) is 29.8 Å². The van der Waals surface area contributed by atoms with E-state index in [1.807, 2.05) is 24.3 Å². The van der Waals surface area contributed by atoms with Gasteiger partial charge in [0.15, 0.2) is 0 Å². The summed E-state index contributed by atoms with van der Waals surface area (Å²) in [5.74, 6) is -0.314. The van der Waals surface area contributed by atoms with Crippen molar-refractivity contribution in [1.29, 1.82) is 0 Å². The van der Waals surface area contributed by atoms with E-state index in [1.54, 1.807) is 4.90 Å². The normalized spacial score (nSPS) is 24.4. The van der Waals surface area contributed by atoms with E-state index < -0.39 is 0 Å². The monoisotopic (exact) mass is 303 g/mol. The number of carbonyl (C=O) groups excluding carboxylic acids is 2. The third kappa shape index (κ3) is 3.22. The van der Waals surface area contributed by atoms with Crippen LogP contribution in [0.3, 0.4) is 0 Å². The Kier molecular flexibility index (Phi) is 4.29. The third-order valence-corrected chi connectivity index (χ3v) is 4.14. The summed E-state index contributed by atoms with van der Waals surface area (Å²) in [5.41, 5.74) is 2.00. The van der Waals surface area contributed by atoms with Crippen LogP contribution in [0.5, 0.6) is 0 Å². The molecule has 0 spiro atoms. The summed E-state index contributed by atoms with van der Waals surface area (Å²) in [6, 6.07) is 7.52. The van der Waals surface area contributed by atoms with Gasteiger partial charge in [-0.3, -0.25) is 4.79 Å². The van der Waals surface area contributed by atoms with Crippen LogP contribution in [0.15, 0.2) is 24.3 Å². The van der Waals surface area contributed by atoms with Crippen molar-refractivity contribution in [3.8, 4) is 0 Å². The molecule has 2 aliphatic rings. The first kappa shape index (κ1) is 14.8. The zero-order valence-corrected chi connectivity index (χ0v) is 12.7. The van der Waals surface area contributed by atoms with E-state index in [0.29, 0.717) is 26.3 Å². The highest BCUT2D eigenvalue weighted by Crippen LogP contribution is 2.16. The molecule has 6 heteroatoms. The van der Waals surface area contributed by atoms with Crippen molar-refractivity contribution < 1.29 is 14.3 Å². The molecule has 0 saturated carbocycles. The lowest BCUT2D eigenvalue weighted by Crippen LogP contribution is -2.46. The number of urea groups is 1. The van der Waals surface area contributed by atoms with E-state index in [9.17, 15) is 9.59 Å². The molecule has 2 N–H and O–H groups in total. The smallest absolute Gasteiger partial charge is 0.321 e. The van der Waals surface area contributed by atoms with Gasteiger partial charge in [-0.15, -0.1) is 0 Å². The van der Waals surface area contributed by atoms with Crippen molar-refractivity contribution >= 4 is 17.6 Å². The molecule has 3 amide bonds. The maximum atomic E-state index is 12.4. The van der Waals surface area contributed by atoms with Gasteiger partial charge in [-0.05, 0) is 24.1 Å². The molecule has 22 heavy (non-hydrogen) atoms. The molecule has 1 aromatic rings. The van der Waals surface area contributed by atoms with E-state index in [0.717, 1.165) is 12.1 Å². The van der Waals surface area contributed by atoms with Crippen molar-refractivity contribution in [2.24, 2.45) is 5.92 Å². The summed E-state index contributed by atoms with van der Waals surface area (Å²) in [6.45, 7) is 3.78. The molecule has 2 heterocycles. The number of carbonyl (C=O) groups is 2. The van der Waals surface area contributed by atoms with Gasteiger partial charge in [-0.25, -0.2) is 4.79 Å². The Labute approximate surface area is 129 Å². The summed E-state index contributed by atoms with van der Waals surface area (Å²) >= 11 is 0. The van der Waals surface area contributed by atoms with Gasteiger partial charge in [-0.2, -0.15) is 0 Å². The molecule has 1 aromatic carbocycles. The number of nitrogens with one attached hydrogen (secondary N) is 2. The van der Waals surface area contributed by atoms with E-state index in [1.165, 1.54) is 5.56 Å². The highest BCUT2D eigenvalue weighted by Gasteiger charge is 2.35. The Morgan fingerprint density at radius 3 is 2.82 bits per heavy atom. The lowest BCUT2D eigenvalue weighted by atomic mass is 10.1. The maximum absolute atomic E-state index is 12.4. The Morgan fingerprint density at radius 2 is 2.09 bits per heavy atom. The molecule has 0 radical (unpaired) electrons. The minimum absolute atomic E-state index is 0.0231. The van der Waals surface area contributed by atoms with E-state index >= 15 is 0 Å². The third-order valence-electron chi connectivity index (χ3n) is 4.14. The average molecular weight is 303 g/mol. The zero-order chi connectivity index (χ0) is 15.5. The molecule has 118 valence electrons. The van der Waals surface area contributed by atoms with E-state index in [2.05, 4.69) is 17.6 Å². The van der Waals surface area contributed by atoms with E-state index in [4.69, 9.17) is 4.74 Å². The number of hydrogen-bond acceptors (Lipinski definition) is 3. The number of amides is 3. The molecule has 0 aliphatic carbocycles. The standard InChI is InChI=1S/C16H21N3O3/c1-2-11-3-5-13(6-4-11)18-16(21)19-7-12-9-22-10-14(8-19)17-15(12)20/h3-6,12,14H,2,7-10H2,1H3,(H,17,20)(H,18,21)/t12-,14+/m1/s1. The number of benzene rings is 1. The Bertz CT molecular complexity index is 558. The second kappa shape index (κ2) is 6.36. The van der Waals surface area contributed by atoms with Gasteiger partial charge in [0.25, 0.3) is 0 Å². The second-order valence-corrected chi connectivity index (χ2v) is 5.83. The molecule has 2 fully saturated rings. The fraction of sp³-hybridized carbons (Fsp3) is 0.500. The number of nitrogens with zero attached hydrogens (tertiary/aromatic N) is 1. The average Bonchev–Trinajstić information content (AvgIpc) is 2.76. The van der Waals surface area contributed by atoms with Crippen LogP contribution in [0.1, 0.15) is 12.5 Å². The number of fused-ring (bicyclic) bond motifs is 3. The highest BCUT2D eigenvalue weighted by molar-refractivity contribution is 5.90. The van der Waals surface area contributed by atoms with E-state index in [-0.39, 0.29) is 23.9 Å². The Hall–Kier alpha value is -2.08. The minimum atomic E-state index is -0.291. The van der Waals surface area contributed by atoms with Gasteiger partial charge >= 0.3 is 6.03 Å². The van der Waals surface area contributed by atoms with Crippen LogP contribution in [0.2, 0.25) is 0 Å². The zero-order valence-electron chi connectivity index (χ0n) is 12.7. The highest BCUT2D eigenvalue weighted by atomic mass is 16.5. The number of hydrogen-bond donors (Lipinski definition) is 2. The van der Waals surface area contributed by atoms with Gasteiger partial charge in [0.2, 0.25) is 5.91 Å². The van der Waals surface area contributed by atoms with Gasteiger partial charge in [0, 0.05) is 18.8 Å². The molecule has 2 saturated heterocycles. The number of aryl methyl sites for hydroxylation is 1. The van der Waals surface area contributed by atoms with Gasteiger partial charge in [-0.1, -0.05) is 19.1 Å². The number of rotatable bonds is 2. The predicted octanol–water partition coefficient (Wildman–Crippen LogP) is 1.23. The van der Waals surface area contributed by atoms with Crippen molar-refractivity contribution in [1.82, 2.24) is 10.2 Å². The molecule has 2 aliphatic heterocycles. The molecule has 2 atom stereocenters. The first-order chi connectivity index (χ1) is 10.7. The first-order valence-electron chi connectivity index (χ1n) is 7.68. The van der Waals surface area contributed by atoms with Crippen molar-refractivity contribution in [3.63, 3.8) is 0 Å². The van der Waals surface area contributed by atoms with Crippen LogP contribution in [-0.4, -0.2) is 49.2 Å². The number of anilines is 1. The fourth-order valence-corrected chi connectivity index (χ4v) is 2.82. The molecule has 3 rings (SSSR count). The van der Waals surface area contributed by atoms with Crippen molar-refractivity contribution in [2.75, 3.05) is 31.6 Å². The maximum Gasteiger partial charge on any atom is 0.321 e. The van der Waals surface area contributed by atoms with Crippen molar-refractivity contribution in [2.45, 2.75) is 19.4 Å². The quantitative estimate of drug-likeness (QED) is 0.863.